The fourth-order valence-electron chi connectivity index (χ4n) is 3.30. The molecule has 0 aliphatic rings. The molecule has 4 aromatic rings. The van der Waals surface area contributed by atoms with Gasteiger partial charge in [0.15, 0.2) is 0 Å². The maximum atomic E-state index is 12.6. The van der Waals surface area contributed by atoms with Crippen LogP contribution in [0, 0.1) is 6.92 Å². The highest BCUT2D eigenvalue weighted by Gasteiger charge is 2.12. The van der Waals surface area contributed by atoms with Gasteiger partial charge in [-0.25, -0.2) is 10.2 Å². The van der Waals surface area contributed by atoms with Crippen molar-refractivity contribution in [3.05, 3.63) is 129 Å². The highest BCUT2D eigenvalue weighted by Crippen LogP contribution is 2.18. The molecule has 0 bridgehead atoms. The molecule has 4 aromatic carbocycles. The summed E-state index contributed by atoms with van der Waals surface area (Å²) < 4.78 is 6.39. The van der Waals surface area contributed by atoms with Crippen LogP contribution in [0.4, 0.5) is 5.69 Å². The van der Waals surface area contributed by atoms with Crippen LogP contribution < -0.4 is 15.5 Å². The van der Waals surface area contributed by atoms with Gasteiger partial charge in [0.05, 0.1) is 11.8 Å². The molecule has 0 spiro atoms. The molecule has 0 saturated heterocycles. The number of ether oxygens (including phenoxy) is 1. The fraction of sp³-hybridized carbons (Fsp3) is 0.0345. The lowest BCUT2D eigenvalue weighted by atomic mass is 10.1. The first-order valence-corrected chi connectivity index (χ1v) is 12.1. The third-order valence-corrected chi connectivity index (χ3v) is 5.80. The van der Waals surface area contributed by atoms with E-state index < -0.39 is 11.9 Å². The predicted molar refractivity (Wildman–Crippen MR) is 146 cm³/mol. The van der Waals surface area contributed by atoms with Crippen LogP contribution in [0.5, 0.6) is 5.75 Å². The summed E-state index contributed by atoms with van der Waals surface area (Å²) in [5.41, 5.74) is 5.71. The highest BCUT2D eigenvalue weighted by molar-refractivity contribution is 9.10. The number of amides is 2. The Kier molecular flexibility index (Phi) is 8.22. The van der Waals surface area contributed by atoms with Gasteiger partial charge in [0, 0.05) is 26.9 Å². The number of esters is 1. The van der Waals surface area contributed by atoms with Crippen LogP contribution in [0.2, 0.25) is 0 Å². The maximum absolute atomic E-state index is 12.6. The van der Waals surface area contributed by atoms with Gasteiger partial charge in [0.1, 0.15) is 5.75 Å². The quantitative estimate of drug-likeness (QED) is 0.126. The second-order valence-electron chi connectivity index (χ2n) is 8.03. The van der Waals surface area contributed by atoms with Crippen LogP contribution in [-0.2, 0) is 0 Å². The van der Waals surface area contributed by atoms with Crippen molar-refractivity contribution in [1.82, 2.24) is 5.43 Å². The van der Waals surface area contributed by atoms with Gasteiger partial charge in [-0.15, -0.1) is 0 Å². The maximum Gasteiger partial charge on any atom is 0.343 e. The van der Waals surface area contributed by atoms with Gasteiger partial charge in [-0.3, -0.25) is 9.59 Å². The number of carbonyl (C=O) groups excluding carboxylic acids is 3. The Hall–Kier alpha value is -4.56. The van der Waals surface area contributed by atoms with Crippen molar-refractivity contribution in [2.24, 2.45) is 5.10 Å². The monoisotopic (exact) mass is 555 g/mol. The number of anilines is 1. The summed E-state index contributed by atoms with van der Waals surface area (Å²) in [5, 5.41) is 6.78. The van der Waals surface area contributed by atoms with Crippen LogP contribution >= 0.6 is 15.9 Å². The third kappa shape index (κ3) is 6.99. The molecular weight excluding hydrogens is 534 g/mol. The number of rotatable bonds is 7. The van der Waals surface area contributed by atoms with Gasteiger partial charge in [-0.2, -0.15) is 5.10 Å². The zero-order valence-corrected chi connectivity index (χ0v) is 21.4. The van der Waals surface area contributed by atoms with Crippen LogP contribution in [0.25, 0.3) is 0 Å². The molecule has 0 radical (unpaired) electrons. The number of hydrogen-bond acceptors (Lipinski definition) is 5. The molecule has 0 heterocycles. The Bertz CT molecular complexity index is 1470. The lowest BCUT2D eigenvalue weighted by Crippen LogP contribution is -2.18. The molecule has 37 heavy (non-hydrogen) atoms. The lowest BCUT2D eigenvalue weighted by Gasteiger charge is -2.08. The van der Waals surface area contributed by atoms with E-state index in [4.69, 9.17) is 4.74 Å². The van der Waals surface area contributed by atoms with E-state index in [1.54, 1.807) is 84.9 Å². The number of carbonyl (C=O) groups is 3. The average Bonchev–Trinajstić information content (AvgIpc) is 2.90. The van der Waals surface area contributed by atoms with Gasteiger partial charge < -0.3 is 10.1 Å². The largest absolute Gasteiger partial charge is 0.422 e. The van der Waals surface area contributed by atoms with E-state index in [2.05, 4.69) is 31.8 Å². The third-order valence-electron chi connectivity index (χ3n) is 5.27. The molecule has 4 rings (SSSR count). The topological polar surface area (TPSA) is 96.9 Å². The highest BCUT2D eigenvalue weighted by atomic mass is 79.9. The lowest BCUT2D eigenvalue weighted by molar-refractivity contribution is 0.0734. The molecule has 0 atom stereocenters. The summed E-state index contributed by atoms with van der Waals surface area (Å²) in [4.78, 5) is 37.6. The normalized spacial score (nSPS) is 10.6. The van der Waals surface area contributed by atoms with E-state index >= 15 is 0 Å². The molecule has 0 saturated carbocycles. The van der Waals surface area contributed by atoms with E-state index in [-0.39, 0.29) is 5.91 Å². The minimum atomic E-state index is -0.494. The summed E-state index contributed by atoms with van der Waals surface area (Å²) in [7, 11) is 0. The van der Waals surface area contributed by atoms with Crippen molar-refractivity contribution in [2.75, 3.05) is 5.32 Å². The SMILES string of the molecule is Cc1ccc(C(=O)Oc2ccccc2C=NNC(=O)c2cccc(NC(=O)c3ccc(Br)cc3)c2)cc1. The van der Waals surface area contributed by atoms with Crippen molar-refractivity contribution in [1.29, 1.82) is 0 Å². The van der Waals surface area contributed by atoms with E-state index in [0.717, 1.165) is 10.0 Å². The minimum absolute atomic E-state index is 0.292. The molecule has 0 unspecified atom stereocenters. The number of para-hydroxylation sites is 1. The van der Waals surface area contributed by atoms with Gasteiger partial charge in [0.2, 0.25) is 0 Å². The molecule has 2 N–H and O–H groups in total. The first kappa shape index (κ1) is 25.5. The summed E-state index contributed by atoms with van der Waals surface area (Å²) in [5.74, 6) is -0.944. The van der Waals surface area contributed by atoms with Crippen LogP contribution in [0.3, 0.4) is 0 Å². The number of hydrazone groups is 1. The molecule has 0 aliphatic carbocycles. The second kappa shape index (κ2) is 11.9. The van der Waals surface area contributed by atoms with Crippen LogP contribution in [-0.4, -0.2) is 24.0 Å². The van der Waals surface area contributed by atoms with E-state index in [9.17, 15) is 14.4 Å². The molecule has 7 nitrogen and oxygen atoms in total. The number of nitrogens with one attached hydrogen (secondary N) is 2. The van der Waals surface area contributed by atoms with Gasteiger partial charge in [0.25, 0.3) is 11.8 Å². The van der Waals surface area contributed by atoms with Crippen molar-refractivity contribution in [3.8, 4) is 5.75 Å². The summed E-state index contributed by atoms with van der Waals surface area (Å²) >= 11 is 3.34. The Balaban J connectivity index is 1.39. The first-order valence-electron chi connectivity index (χ1n) is 11.3. The summed E-state index contributed by atoms with van der Waals surface area (Å²) in [6.45, 7) is 1.94. The fourth-order valence-corrected chi connectivity index (χ4v) is 3.56. The zero-order valence-electron chi connectivity index (χ0n) is 19.8. The Labute approximate surface area is 222 Å². The average molecular weight is 556 g/mol. The molecule has 0 aliphatic heterocycles. The Morgan fingerprint density at radius 1 is 0.784 bits per heavy atom. The molecular formula is C29H22BrN3O4. The van der Waals surface area contributed by atoms with E-state index in [0.29, 0.717) is 33.7 Å². The molecule has 184 valence electrons. The zero-order chi connectivity index (χ0) is 26.2. The van der Waals surface area contributed by atoms with Crippen molar-refractivity contribution >= 4 is 45.6 Å². The van der Waals surface area contributed by atoms with Crippen molar-refractivity contribution in [2.45, 2.75) is 6.92 Å². The smallest absolute Gasteiger partial charge is 0.343 e. The van der Waals surface area contributed by atoms with Crippen molar-refractivity contribution in [3.63, 3.8) is 0 Å². The van der Waals surface area contributed by atoms with Gasteiger partial charge >= 0.3 is 5.97 Å². The molecule has 0 fully saturated rings. The number of nitrogens with zero attached hydrogens (tertiary/aromatic N) is 1. The standard InChI is InChI=1S/C29H22BrN3O4/c1-19-9-11-21(12-10-19)29(36)37-26-8-3-2-5-23(26)18-31-33-28(35)22-6-4-7-25(17-22)32-27(34)20-13-15-24(30)16-14-20/h2-18H,1H3,(H,32,34)(H,33,35). The summed E-state index contributed by atoms with van der Waals surface area (Å²) in [6.07, 6.45) is 1.40. The second-order valence-corrected chi connectivity index (χ2v) is 8.95. The van der Waals surface area contributed by atoms with Gasteiger partial charge in [-0.05, 0) is 73.7 Å². The van der Waals surface area contributed by atoms with Crippen molar-refractivity contribution < 1.29 is 19.1 Å². The minimum Gasteiger partial charge on any atom is -0.422 e. The summed E-state index contributed by atoms with van der Waals surface area (Å²) in [6, 6.07) is 27.4. The van der Waals surface area contributed by atoms with Gasteiger partial charge in [-0.1, -0.05) is 51.8 Å². The number of hydrogen-bond donors (Lipinski definition) is 2. The van der Waals surface area contributed by atoms with E-state index in [1.807, 2.05) is 19.1 Å². The first-order chi connectivity index (χ1) is 17.9. The Morgan fingerprint density at radius 2 is 1.49 bits per heavy atom. The number of halogens is 1. The van der Waals surface area contributed by atoms with Crippen LogP contribution in [0.1, 0.15) is 42.2 Å². The molecule has 0 aromatic heterocycles. The molecule has 8 heteroatoms. The molecule has 2 amide bonds. The number of aryl methyl sites for hydroxylation is 1. The Morgan fingerprint density at radius 3 is 2.24 bits per heavy atom. The van der Waals surface area contributed by atoms with Crippen LogP contribution in [0.15, 0.2) is 107 Å². The number of benzene rings is 4. The van der Waals surface area contributed by atoms with E-state index in [1.165, 1.54) is 6.21 Å². The predicted octanol–water partition coefficient (Wildman–Crippen LogP) is 5.99.